The third kappa shape index (κ3) is 69.4. The van der Waals surface area contributed by atoms with Crippen LogP contribution in [-0.2, 0) is 14.3 Å². The zero-order valence-corrected chi connectivity index (χ0v) is 57.2. The fraction of sp³-hybridized carbons (Fsp3) is 0.923. The molecule has 0 aromatic heterocycles. The number of carbonyl (C=O) groups excluding carboxylic acids is 2. The second kappa shape index (κ2) is 73.8. The van der Waals surface area contributed by atoms with E-state index in [-0.39, 0.29) is 18.5 Å². The molecule has 0 aromatic carbocycles. The average molecular weight is 1180 g/mol. The Kier molecular flexibility index (Phi) is 72.3. The molecule has 0 saturated carbocycles. The predicted octanol–water partition coefficient (Wildman–Crippen LogP) is 25.3. The van der Waals surface area contributed by atoms with Crippen LogP contribution in [0.1, 0.15) is 438 Å². The molecule has 0 bridgehead atoms. The van der Waals surface area contributed by atoms with E-state index >= 15 is 0 Å². The second-order valence-corrected chi connectivity index (χ2v) is 26.7. The average Bonchev–Trinajstić information content (AvgIpc) is 3.51. The number of aliphatic hydroxyl groups is 2. The van der Waals surface area contributed by atoms with Gasteiger partial charge < -0.3 is 20.3 Å². The molecule has 0 rings (SSSR count). The molecule has 0 aliphatic heterocycles. The Morgan fingerprint density at radius 1 is 0.333 bits per heavy atom. The first-order valence-electron chi connectivity index (χ1n) is 38.6. The van der Waals surface area contributed by atoms with E-state index in [2.05, 4.69) is 43.5 Å². The van der Waals surface area contributed by atoms with Gasteiger partial charge >= 0.3 is 5.97 Å². The van der Waals surface area contributed by atoms with E-state index in [1.54, 1.807) is 0 Å². The van der Waals surface area contributed by atoms with Gasteiger partial charge in [0.05, 0.1) is 25.4 Å². The Labute approximate surface area is 526 Å². The highest BCUT2D eigenvalue weighted by Crippen LogP contribution is 2.20. The van der Waals surface area contributed by atoms with Crippen molar-refractivity contribution in [3.8, 4) is 0 Å². The molecular weight excluding hydrogens is 1030 g/mol. The number of amides is 1. The lowest BCUT2D eigenvalue weighted by molar-refractivity contribution is -0.143. The zero-order chi connectivity index (χ0) is 60.6. The van der Waals surface area contributed by atoms with Crippen molar-refractivity contribution in [2.24, 2.45) is 0 Å². The molecule has 0 radical (unpaired) electrons. The SMILES string of the molecule is CCCCCCCCCCCCCCCCCCCCCCCCCCCC(O)C(CO)NC(=O)CCCCCCCCCCCCCCC/C=C\C/C=C\CCCCCCCCCCCOC(=O)CCCCCCCCCCCCCCC. The number of nitrogens with one attached hydrogen (secondary N) is 1. The lowest BCUT2D eigenvalue weighted by atomic mass is 10.0. The molecule has 498 valence electrons. The first-order chi connectivity index (χ1) is 41.5. The maximum Gasteiger partial charge on any atom is 0.305 e. The molecule has 0 fully saturated rings. The van der Waals surface area contributed by atoms with Gasteiger partial charge in [-0.05, 0) is 57.8 Å². The molecule has 84 heavy (non-hydrogen) atoms. The van der Waals surface area contributed by atoms with E-state index in [1.807, 2.05) is 0 Å². The summed E-state index contributed by atoms with van der Waals surface area (Å²) in [7, 11) is 0. The van der Waals surface area contributed by atoms with Crippen LogP contribution in [0, 0.1) is 0 Å². The number of unbranched alkanes of at least 4 members (excludes halogenated alkanes) is 58. The molecule has 0 spiro atoms. The zero-order valence-electron chi connectivity index (χ0n) is 57.2. The van der Waals surface area contributed by atoms with Gasteiger partial charge in [0.15, 0.2) is 0 Å². The number of carbonyl (C=O) groups is 2. The number of hydrogen-bond acceptors (Lipinski definition) is 5. The van der Waals surface area contributed by atoms with Crippen LogP contribution in [0.5, 0.6) is 0 Å². The summed E-state index contributed by atoms with van der Waals surface area (Å²) < 4.78 is 5.49. The van der Waals surface area contributed by atoms with Crippen molar-refractivity contribution < 1.29 is 24.5 Å². The monoisotopic (exact) mass is 1180 g/mol. The van der Waals surface area contributed by atoms with Crippen LogP contribution in [0.25, 0.3) is 0 Å². The van der Waals surface area contributed by atoms with Crippen LogP contribution in [0.2, 0.25) is 0 Å². The topological polar surface area (TPSA) is 95.9 Å². The van der Waals surface area contributed by atoms with Crippen molar-refractivity contribution >= 4 is 11.9 Å². The number of aliphatic hydroxyl groups excluding tert-OH is 2. The van der Waals surface area contributed by atoms with Gasteiger partial charge in [0.25, 0.3) is 0 Å². The van der Waals surface area contributed by atoms with Crippen LogP contribution in [0.15, 0.2) is 24.3 Å². The van der Waals surface area contributed by atoms with Crippen molar-refractivity contribution in [3.05, 3.63) is 24.3 Å². The smallest absolute Gasteiger partial charge is 0.305 e. The maximum absolute atomic E-state index is 12.6. The van der Waals surface area contributed by atoms with Crippen molar-refractivity contribution in [3.63, 3.8) is 0 Å². The number of ether oxygens (including phenoxy) is 1. The van der Waals surface area contributed by atoms with E-state index in [9.17, 15) is 19.8 Å². The number of esters is 1. The summed E-state index contributed by atoms with van der Waals surface area (Å²) in [5.74, 6) is -0.0158. The molecule has 2 unspecified atom stereocenters. The maximum atomic E-state index is 12.6. The fourth-order valence-electron chi connectivity index (χ4n) is 12.4. The highest BCUT2D eigenvalue weighted by Gasteiger charge is 2.20. The van der Waals surface area contributed by atoms with E-state index in [0.717, 1.165) is 44.9 Å². The van der Waals surface area contributed by atoms with Gasteiger partial charge in [0.1, 0.15) is 0 Å². The van der Waals surface area contributed by atoms with E-state index in [1.165, 1.54) is 360 Å². The highest BCUT2D eigenvalue weighted by atomic mass is 16.5. The summed E-state index contributed by atoms with van der Waals surface area (Å²) in [5.41, 5.74) is 0. The Morgan fingerprint density at radius 3 is 0.905 bits per heavy atom. The Morgan fingerprint density at radius 2 is 0.595 bits per heavy atom. The Hall–Kier alpha value is -1.66. The Bertz CT molecular complexity index is 1320. The molecule has 0 aliphatic carbocycles. The third-order valence-corrected chi connectivity index (χ3v) is 18.3. The van der Waals surface area contributed by atoms with Gasteiger partial charge in [-0.15, -0.1) is 0 Å². The molecule has 1 amide bonds. The van der Waals surface area contributed by atoms with Gasteiger partial charge in [-0.2, -0.15) is 0 Å². The summed E-state index contributed by atoms with van der Waals surface area (Å²) >= 11 is 0. The quantitative estimate of drug-likeness (QED) is 0.0320. The van der Waals surface area contributed by atoms with Gasteiger partial charge in [-0.3, -0.25) is 9.59 Å². The van der Waals surface area contributed by atoms with Crippen LogP contribution >= 0.6 is 0 Å². The fourth-order valence-corrected chi connectivity index (χ4v) is 12.4. The van der Waals surface area contributed by atoms with Crippen LogP contribution < -0.4 is 5.32 Å². The first-order valence-corrected chi connectivity index (χ1v) is 38.6. The van der Waals surface area contributed by atoms with Crippen molar-refractivity contribution in [1.82, 2.24) is 5.32 Å². The molecular formula is C78H151NO5. The summed E-state index contributed by atoms with van der Waals surface area (Å²) in [6.07, 6.45) is 94.0. The second-order valence-electron chi connectivity index (χ2n) is 26.7. The van der Waals surface area contributed by atoms with Crippen LogP contribution in [0.4, 0.5) is 0 Å². The first kappa shape index (κ1) is 82.3. The summed E-state index contributed by atoms with van der Waals surface area (Å²) in [5, 5.41) is 23.5. The van der Waals surface area contributed by atoms with E-state index < -0.39 is 12.1 Å². The minimum atomic E-state index is -0.667. The van der Waals surface area contributed by atoms with Crippen molar-refractivity contribution in [2.45, 2.75) is 450 Å². The predicted molar refractivity (Wildman–Crippen MR) is 370 cm³/mol. The van der Waals surface area contributed by atoms with Gasteiger partial charge in [-0.25, -0.2) is 0 Å². The highest BCUT2D eigenvalue weighted by molar-refractivity contribution is 5.76. The minimum absolute atomic E-state index is 0.0146. The van der Waals surface area contributed by atoms with Crippen LogP contribution in [0.3, 0.4) is 0 Å². The van der Waals surface area contributed by atoms with Gasteiger partial charge in [-0.1, -0.05) is 391 Å². The molecule has 6 heteroatoms. The minimum Gasteiger partial charge on any atom is -0.466 e. The normalized spacial score (nSPS) is 12.6. The number of hydrogen-bond donors (Lipinski definition) is 3. The molecule has 6 nitrogen and oxygen atoms in total. The molecule has 0 heterocycles. The molecule has 0 aliphatic rings. The summed E-state index contributed by atoms with van der Waals surface area (Å²) in [6, 6.07) is -0.544. The number of rotatable bonds is 73. The van der Waals surface area contributed by atoms with Crippen LogP contribution in [-0.4, -0.2) is 47.4 Å². The largest absolute Gasteiger partial charge is 0.466 e. The van der Waals surface area contributed by atoms with Crippen molar-refractivity contribution in [1.29, 1.82) is 0 Å². The van der Waals surface area contributed by atoms with Gasteiger partial charge in [0.2, 0.25) is 5.91 Å². The third-order valence-electron chi connectivity index (χ3n) is 18.3. The Balaban J connectivity index is 3.40. The van der Waals surface area contributed by atoms with E-state index in [0.29, 0.717) is 25.9 Å². The molecule has 2 atom stereocenters. The lowest BCUT2D eigenvalue weighted by Gasteiger charge is -2.22. The number of allylic oxidation sites excluding steroid dienone is 4. The summed E-state index contributed by atoms with van der Waals surface area (Å²) in [6.45, 7) is 5.00. The standard InChI is InChI=1S/C78H151NO5/c1-3-5-7-9-11-13-15-17-18-19-20-21-22-28-31-34-37-40-43-47-50-54-58-62-66-70-76(81)75(74-80)79-77(82)71-67-63-59-55-51-48-44-41-38-35-32-29-26-24-23-25-27-30-33-36-39-42-45-49-53-57-61-65-69-73-84-78(83)72-68-64-60-56-52-46-16-14-12-10-8-6-4-2/h23,25,30,33,75-76,80-81H,3-22,24,26-29,31-32,34-74H2,1-2H3,(H,79,82)/b25-23-,33-30-. The molecule has 0 saturated heterocycles. The molecule has 3 N–H and O–H groups in total. The van der Waals surface area contributed by atoms with E-state index in [4.69, 9.17) is 4.74 Å². The summed E-state index contributed by atoms with van der Waals surface area (Å²) in [4.78, 5) is 24.6. The lowest BCUT2D eigenvalue weighted by Crippen LogP contribution is -2.45. The van der Waals surface area contributed by atoms with Gasteiger partial charge in [0, 0.05) is 12.8 Å². The van der Waals surface area contributed by atoms with Crippen molar-refractivity contribution in [2.75, 3.05) is 13.2 Å². The molecule has 0 aromatic rings.